The molecule has 3 aromatic carbocycles. The summed E-state index contributed by atoms with van der Waals surface area (Å²) in [5.74, 6) is 1.26. The molecule has 5 rings (SSSR count). The van der Waals surface area contributed by atoms with E-state index >= 15 is 0 Å². The third-order valence-corrected chi connectivity index (χ3v) is 4.71. The van der Waals surface area contributed by atoms with Crippen LogP contribution in [0.5, 0.6) is 0 Å². The zero-order chi connectivity index (χ0) is 20.9. The maximum absolute atomic E-state index is 4.68. The van der Waals surface area contributed by atoms with Gasteiger partial charge in [-0.3, -0.25) is 5.10 Å². The predicted octanol–water partition coefficient (Wildman–Crippen LogP) is 5.42. The van der Waals surface area contributed by atoms with E-state index in [1.165, 1.54) is 6.33 Å². The van der Waals surface area contributed by atoms with Crippen molar-refractivity contribution in [3.8, 4) is 22.6 Å². The maximum Gasteiger partial charge on any atom is 0.227 e. The van der Waals surface area contributed by atoms with Gasteiger partial charge in [-0.05, 0) is 54.6 Å². The summed E-state index contributed by atoms with van der Waals surface area (Å²) in [6.07, 6.45) is 3.25. The van der Waals surface area contributed by atoms with Gasteiger partial charge in [-0.2, -0.15) is 5.10 Å². The molecule has 0 aliphatic rings. The van der Waals surface area contributed by atoms with Crippen LogP contribution in [-0.2, 0) is 0 Å². The second-order valence-corrected chi connectivity index (χ2v) is 6.87. The first kappa shape index (κ1) is 18.5. The van der Waals surface area contributed by atoms with Crippen LogP contribution < -0.4 is 10.6 Å². The molecule has 7 nitrogen and oxygen atoms in total. The minimum Gasteiger partial charge on any atom is -0.356 e. The van der Waals surface area contributed by atoms with Crippen molar-refractivity contribution >= 4 is 23.0 Å². The molecule has 0 aliphatic carbocycles. The van der Waals surface area contributed by atoms with Crippen LogP contribution in [0.3, 0.4) is 0 Å². The Morgan fingerprint density at radius 2 is 1.45 bits per heavy atom. The van der Waals surface area contributed by atoms with Gasteiger partial charge in [0.25, 0.3) is 0 Å². The number of anilines is 4. The molecule has 0 spiro atoms. The van der Waals surface area contributed by atoms with E-state index in [1.54, 1.807) is 6.20 Å². The van der Waals surface area contributed by atoms with E-state index in [0.717, 1.165) is 39.7 Å². The number of hydrogen-bond donors (Lipinski definition) is 3. The highest BCUT2D eigenvalue weighted by atomic mass is 15.2. The number of nitrogens with zero attached hydrogens (tertiary/aromatic N) is 4. The Bertz CT molecular complexity index is 1270. The van der Waals surface area contributed by atoms with Gasteiger partial charge in [-0.25, -0.2) is 15.0 Å². The lowest BCUT2D eigenvalue weighted by atomic mass is 10.1. The molecule has 5 aromatic rings. The quantitative estimate of drug-likeness (QED) is 0.350. The van der Waals surface area contributed by atoms with Crippen molar-refractivity contribution in [1.82, 2.24) is 25.1 Å². The number of hydrogen-bond acceptors (Lipinski definition) is 6. The van der Waals surface area contributed by atoms with E-state index in [0.29, 0.717) is 5.95 Å². The van der Waals surface area contributed by atoms with Crippen molar-refractivity contribution in [3.05, 3.63) is 97.5 Å². The van der Waals surface area contributed by atoms with Crippen LogP contribution in [0.15, 0.2) is 97.5 Å². The van der Waals surface area contributed by atoms with Crippen LogP contribution in [0.2, 0.25) is 0 Å². The van der Waals surface area contributed by atoms with Crippen molar-refractivity contribution in [1.29, 1.82) is 0 Å². The summed E-state index contributed by atoms with van der Waals surface area (Å²) >= 11 is 0. The van der Waals surface area contributed by atoms with Crippen LogP contribution in [0.4, 0.5) is 23.0 Å². The lowest BCUT2D eigenvalue weighted by Crippen LogP contribution is -1.98. The average molecular weight is 405 g/mol. The van der Waals surface area contributed by atoms with Crippen LogP contribution in [0.25, 0.3) is 22.6 Å². The minimum absolute atomic E-state index is 0.534. The molecule has 0 radical (unpaired) electrons. The molecule has 0 saturated heterocycles. The topological polar surface area (TPSA) is 91.4 Å². The third kappa shape index (κ3) is 4.40. The van der Waals surface area contributed by atoms with Crippen molar-refractivity contribution < 1.29 is 0 Å². The second-order valence-electron chi connectivity index (χ2n) is 6.87. The van der Waals surface area contributed by atoms with Crippen molar-refractivity contribution in [3.63, 3.8) is 0 Å². The van der Waals surface area contributed by atoms with E-state index in [2.05, 4.69) is 41.8 Å². The first-order valence-electron chi connectivity index (χ1n) is 9.82. The van der Waals surface area contributed by atoms with Crippen molar-refractivity contribution in [2.45, 2.75) is 0 Å². The molecule has 0 bridgehead atoms. The van der Waals surface area contributed by atoms with Gasteiger partial charge in [-0.1, -0.05) is 30.3 Å². The molecule has 2 aromatic heterocycles. The molecule has 7 heteroatoms. The standard InChI is InChI=1S/C24H19N7/c1-2-6-19(7-3-1)28-21-8-4-5-18(15-21)22-13-14-25-24(30-22)29-20-11-9-17(10-12-20)23-26-16-27-31-23/h1-16,28H,(H,25,29,30)(H,26,27,31). The number of aromatic amines is 1. The zero-order valence-electron chi connectivity index (χ0n) is 16.5. The molecule has 0 saturated carbocycles. The van der Waals surface area contributed by atoms with Gasteiger partial charge < -0.3 is 10.6 Å². The van der Waals surface area contributed by atoms with Crippen molar-refractivity contribution in [2.24, 2.45) is 0 Å². The smallest absolute Gasteiger partial charge is 0.227 e. The molecule has 0 atom stereocenters. The highest BCUT2D eigenvalue weighted by Crippen LogP contribution is 2.25. The molecule has 0 amide bonds. The molecular formula is C24H19N7. The number of benzene rings is 3. The lowest BCUT2D eigenvalue weighted by molar-refractivity contribution is 1.10. The van der Waals surface area contributed by atoms with Gasteiger partial charge in [0.2, 0.25) is 5.95 Å². The Morgan fingerprint density at radius 1 is 0.645 bits per heavy atom. The lowest BCUT2D eigenvalue weighted by Gasteiger charge is -2.10. The molecular weight excluding hydrogens is 386 g/mol. The number of nitrogens with one attached hydrogen (secondary N) is 3. The number of rotatable bonds is 6. The van der Waals surface area contributed by atoms with Gasteiger partial charge in [0.15, 0.2) is 5.82 Å². The summed E-state index contributed by atoms with van der Waals surface area (Å²) in [4.78, 5) is 13.2. The molecule has 2 heterocycles. The monoisotopic (exact) mass is 405 g/mol. The van der Waals surface area contributed by atoms with Gasteiger partial charge in [0.05, 0.1) is 5.69 Å². The Morgan fingerprint density at radius 3 is 2.26 bits per heavy atom. The number of para-hydroxylation sites is 1. The van der Waals surface area contributed by atoms with Crippen LogP contribution in [-0.4, -0.2) is 25.1 Å². The Hall–Kier alpha value is -4.52. The first-order chi connectivity index (χ1) is 15.3. The predicted molar refractivity (Wildman–Crippen MR) is 122 cm³/mol. The maximum atomic E-state index is 4.68. The normalized spacial score (nSPS) is 10.6. The highest BCUT2D eigenvalue weighted by Gasteiger charge is 2.06. The average Bonchev–Trinajstić information content (AvgIpc) is 3.36. The number of H-pyrrole nitrogens is 1. The fraction of sp³-hybridized carbons (Fsp3) is 0. The number of aromatic nitrogens is 5. The van der Waals surface area contributed by atoms with Crippen LogP contribution >= 0.6 is 0 Å². The molecule has 0 aliphatic heterocycles. The minimum atomic E-state index is 0.534. The third-order valence-electron chi connectivity index (χ3n) is 4.71. The van der Waals surface area contributed by atoms with Gasteiger partial charge in [0, 0.05) is 34.4 Å². The zero-order valence-corrected chi connectivity index (χ0v) is 16.5. The van der Waals surface area contributed by atoms with E-state index in [9.17, 15) is 0 Å². The van der Waals surface area contributed by atoms with E-state index in [4.69, 9.17) is 0 Å². The van der Waals surface area contributed by atoms with E-state index < -0.39 is 0 Å². The van der Waals surface area contributed by atoms with Crippen molar-refractivity contribution in [2.75, 3.05) is 10.6 Å². The summed E-state index contributed by atoms with van der Waals surface area (Å²) in [5, 5.41) is 13.4. The van der Waals surface area contributed by atoms with E-state index in [-0.39, 0.29) is 0 Å². The fourth-order valence-corrected chi connectivity index (χ4v) is 3.21. The van der Waals surface area contributed by atoms with Crippen LogP contribution in [0, 0.1) is 0 Å². The van der Waals surface area contributed by atoms with Crippen LogP contribution in [0.1, 0.15) is 0 Å². The fourth-order valence-electron chi connectivity index (χ4n) is 3.21. The summed E-state index contributed by atoms with van der Waals surface area (Å²) in [5.41, 5.74) is 5.73. The highest BCUT2D eigenvalue weighted by molar-refractivity contribution is 5.70. The van der Waals surface area contributed by atoms with Gasteiger partial charge in [-0.15, -0.1) is 0 Å². The van der Waals surface area contributed by atoms with Gasteiger partial charge in [0.1, 0.15) is 6.33 Å². The van der Waals surface area contributed by atoms with E-state index in [1.807, 2.05) is 78.9 Å². The summed E-state index contributed by atoms with van der Waals surface area (Å²) in [6, 6.07) is 28.0. The second kappa shape index (κ2) is 8.46. The summed E-state index contributed by atoms with van der Waals surface area (Å²) in [6.45, 7) is 0. The Labute approximate surface area is 179 Å². The van der Waals surface area contributed by atoms with Gasteiger partial charge >= 0.3 is 0 Å². The molecule has 0 fully saturated rings. The summed E-state index contributed by atoms with van der Waals surface area (Å²) < 4.78 is 0. The molecule has 3 N–H and O–H groups in total. The Balaban J connectivity index is 1.34. The SMILES string of the molecule is c1ccc(Nc2cccc(-c3ccnc(Nc4ccc(-c5ncn[nH]5)cc4)n3)c2)cc1. The first-order valence-corrected chi connectivity index (χ1v) is 9.82. The summed E-state index contributed by atoms with van der Waals surface area (Å²) in [7, 11) is 0. The molecule has 150 valence electrons. The largest absolute Gasteiger partial charge is 0.356 e. The molecule has 0 unspecified atom stereocenters. The molecule has 31 heavy (non-hydrogen) atoms. The Kier molecular flexibility index (Phi) is 5.05.